The molecular formula is C13H15N3O3S. The van der Waals surface area contributed by atoms with Crippen LogP contribution in [0.1, 0.15) is 19.1 Å². The molecule has 1 aliphatic rings. The number of hydrogen-bond acceptors (Lipinski definition) is 6. The molecule has 1 aliphatic heterocycles. The highest BCUT2D eigenvalue weighted by Crippen LogP contribution is 2.31. The average molecular weight is 293 g/mol. The summed E-state index contributed by atoms with van der Waals surface area (Å²) in [5, 5.41) is 11.0. The quantitative estimate of drug-likeness (QED) is 0.888. The summed E-state index contributed by atoms with van der Waals surface area (Å²) in [6, 6.07) is 3.85. The number of aliphatic hydroxyl groups is 1. The third-order valence-electron chi connectivity index (χ3n) is 3.37. The van der Waals surface area contributed by atoms with Crippen LogP contribution in [-0.2, 0) is 4.74 Å². The zero-order valence-electron chi connectivity index (χ0n) is 10.7. The Kier molecular flexibility index (Phi) is 3.56. The van der Waals surface area contributed by atoms with Crippen molar-refractivity contribution in [2.24, 2.45) is 0 Å². The van der Waals surface area contributed by atoms with Gasteiger partial charge in [0.2, 0.25) is 0 Å². The molecule has 2 aromatic heterocycles. The van der Waals surface area contributed by atoms with Gasteiger partial charge in [0, 0.05) is 11.1 Å². The highest BCUT2D eigenvalue weighted by molar-refractivity contribution is 7.13. The van der Waals surface area contributed by atoms with E-state index in [1.54, 1.807) is 6.20 Å². The van der Waals surface area contributed by atoms with Gasteiger partial charge in [0.25, 0.3) is 0 Å². The van der Waals surface area contributed by atoms with Gasteiger partial charge < -0.3 is 15.6 Å². The van der Waals surface area contributed by atoms with Crippen LogP contribution >= 0.6 is 11.3 Å². The third kappa shape index (κ3) is 2.35. The molecule has 1 fully saturated rings. The molecule has 106 valence electrons. The van der Waals surface area contributed by atoms with Crippen molar-refractivity contribution in [3.05, 3.63) is 34.2 Å². The standard InChI is InChI=1S/C13H15N3O3S/c14-12-9(10-2-1-5-20-10)6-16(13(18)15-12)11-4-3-8(7-17)19-11/h1-2,5-6,8,11,17H,3-4,7H2,(H2,14,15,18)/t8-,11+/m1/s1. The van der Waals surface area contributed by atoms with E-state index in [4.69, 9.17) is 15.6 Å². The molecule has 0 bridgehead atoms. The molecule has 0 amide bonds. The van der Waals surface area contributed by atoms with Crippen LogP contribution in [-0.4, -0.2) is 27.4 Å². The second kappa shape index (κ2) is 5.35. The highest BCUT2D eigenvalue weighted by atomic mass is 32.1. The summed E-state index contributed by atoms with van der Waals surface area (Å²) in [6.45, 7) is -0.0363. The zero-order valence-corrected chi connectivity index (χ0v) is 11.5. The van der Waals surface area contributed by atoms with Crippen molar-refractivity contribution < 1.29 is 9.84 Å². The predicted molar refractivity (Wildman–Crippen MR) is 76.5 cm³/mol. The van der Waals surface area contributed by atoms with Gasteiger partial charge >= 0.3 is 5.69 Å². The fraction of sp³-hybridized carbons (Fsp3) is 0.385. The van der Waals surface area contributed by atoms with E-state index in [0.717, 1.165) is 16.9 Å². The Morgan fingerprint density at radius 3 is 3.05 bits per heavy atom. The van der Waals surface area contributed by atoms with Crippen molar-refractivity contribution in [2.75, 3.05) is 12.3 Å². The summed E-state index contributed by atoms with van der Waals surface area (Å²) in [4.78, 5) is 16.8. The SMILES string of the molecule is Nc1nc(=O)n([C@@H]2CC[C@H](CO)O2)cc1-c1cccs1. The number of aromatic nitrogens is 2. The van der Waals surface area contributed by atoms with Gasteiger partial charge in [-0.25, -0.2) is 4.79 Å². The number of aliphatic hydroxyl groups excluding tert-OH is 1. The number of hydrogen-bond donors (Lipinski definition) is 2. The Balaban J connectivity index is 2.00. The molecule has 3 heterocycles. The van der Waals surface area contributed by atoms with Gasteiger partial charge in [-0.1, -0.05) is 6.07 Å². The van der Waals surface area contributed by atoms with Crippen LogP contribution in [0.2, 0.25) is 0 Å². The molecule has 2 atom stereocenters. The topological polar surface area (TPSA) is 90.4 Å². The maximum atomic E-state index is 12.0. The minimum atomic E-state index is -0.425. The van der Waals surface area contributed by atoms with Crippen molar-refractivity contribution in [1.29, 1.82) is 0 Å². The molecule has 0 radical (unpaired) electrons. The number of ether oxygens (including phenoxy) is 1. The monoisotopic (exact) mass is 293 g/mol. The van der Waals surface area contributed by atoms with Crippen molar-refractivity contribution in [3.8, 4) is 10.4 Å². The van der Waals surface area contributed by atoms with Crippen LogP contribution in [0.3, 0.4) is 0 Å². The summed E-state index contributed by atoms with van der Waals surface area (Å²) in [6.07, 6.45) is 2.51. The van der Waals surface area contributed by atoms with Gasteiger partial charge in [0.15, 0.2) is 0 Å². The fourth-order valence-electron chi connectivity index (χ4n) is 2.34. The lowest BCUT2D eigenvalue weighted by atomic mass is 10.2. The Morgan fingerprint density at radius 1 is 1.55 bits per heavy atom. The Morgan fingerprint density at radius 2 is 2.40 bits per heavy atom. The Labute approximate surface area is 119 Å². The van der Waals surface area contributed by atoms with Gasteiger partial charge in [0.1, 0.15) is 12.0 Å². The third-order valence-corrected chi connectivity index (χ3v) is 4.27. The van der Waals surface area contributed by atoms with Crippen molar-refractivity contribution >= 4 is 17.2 Å². The number of nitrogens with zero attached hydrogens (tertiary/aromatic N) is 2. The molecule has 7 heteroatoms. The molecule has 20 heavy (non-hydrogen) atoms. The van der Waals surface area contributed by atoms with Gasteiger partial charge in [-0.15, -0.1) is 11.3 Å². The summed E-state index contributed by atoms with van der Waals surface area (Å²) in [7, 11) is 0. The smallest absolute Gasteiger partial charge is 0.351 e. The van der Waals surface area contributed by atoms with Crippen LogP contribution in [0.15, 0.2) is 28.5 Å². The Hall–Kier alpha value is -1.70. The number of anilines is 1. The fourth-order valence-corrected chi connectivity index (χ4v) is 3.08. The molecule has 0 aromatic carbocycles. The second-order valence-electron chi connectivity index (χ2n) is 4.68. The first kappa shape index (κ1) is 13.3. The molecule has 0 saturated carbocycles. The van der Waals surface area contributed by atoms with Gasteiger partial charge in [-0.2, -0.15) is 4.98 Å². The molecule has 1 saturated heterocycles. The number of thiophene rings is 1. The largest absolute Gasteiger partial charge is 0.394 e. The number of nitrogen functional groups attached to an aromatic ring is 1. The van der Waals surface area contributed by atoms with E-state index in [0.29, 0.717) is 6.42 Å². The van der Waals surface area contributed by atoms with Crippen LogP contribution < -0.4 is 11.4 Å². The minimum Gasteiger partial charge on any atom is -0.394 e. The van der Waals surface area contributed by atoms with E-state index in [9.17, 15) is 4.79 Å². The molecule has 3 rings (SSSR count). The van der Waals surface area contributed by atoms with Gasteiger partial charge in [-0.3, -0.25) is 4.57 Å². The molecule has 0 spiro atoms. The maximum absolute atomic E-state index is 12.0. The van der Waals surface area contributed by atoms with E-state index in [1.165, 1.54) is 15.9 Å². The van der Waals surface area contributed by atoms with Crippen molar-refractivity contribution in [2.45, 2.75) is 25.2 Å². The summed E-state index contributed by atoms with van der Waals surface area (Å²) >= 11 is 1.54. The molecule has 0 unspecified atom stereocenters. The Bertz CT molecular complexity index is 653. The second-order valence-corrected chi connectivity index (χ2v) is 5.63. The highest BCUT2D eigenvalue weighted by Gasteiger charge is 2.27. The first-order valence-corrected chi connectivity index (χ1v) is 7.26. The van der Waals surface area contributed by atoms with Crippen LogP contribution in [0.4, 0.5) is 5.82 Å². The van der Waals surface area contributed by atoms with Gasteiger partial charge in [-0.05, 0) is 24.3 Å². The lowest BCUT2D eigenvalue weighted by Crippen LogP contribution is -2.28. The molecule has 6 nitrogen and oxygen atoms in total. The number of nitrogens with two attached hydrogens (primary N) is 1. The van der Waals surface area contributed by atoms with E-state index in [1.807, 2.05) is 17.5 Å². The summed E-state index contributed by atoms with van der Waals surface area (Å²) in [5.41, 5.74) is 6.14. The maximum Gasteiger partial charge on any atom is 0.351 e. The lowest BCUT2D eigenvalue weighted by Gasteiger charge is -2.16. The normalized spacial score (nSPS) is 22.2. The van der Waals surface area contributed by atoms with E-state index in [2.05, 4.69) is 4.98 Å². The first-order valence-electron chi connectivity index (χ1n) is 6.38. The van der Waals surface area contributed by atoms with E-state index < -0.39 is 5.69 Å². The minimum absolute atomic E-state index is 0.0363. The van der Waals surface area contributed by atoms with E-state index >= 15 is 0 Å². The molecule has 2 aromatic rings. The van der Waals surface area contributed by atoms with Crippen molar-refractivity contribution in [1.82, 2.24) is 9.55 Å². The van der Waals surface area contributed by atoms with Crippen LogP contribution in [0.25, 0.3) is 10.4 Å². The molecule has 0 aliphatic carbocycles. The lowest BCUT2D eigenvalue weighted by molar-refractivity contribution is -0.0244. The van der Waals surface area contributed by atoms with Gasteiger partial charge in [0.05, 0.1) is 18.3 Å². The van der Waals surface area contributed by atoms with Crippen molar-refractivity contribution in [3.63, 3.8) is 0 Å². The number of rotatable bonds is 3. The van der Waals surface area contributed by atoms with Crippen LogP contribution in [0, 0.1) is 0 Å². The predicted octanol–water partition coefficient (Wildman–Crippen LogP) is 1.22. The molecular weight excluding hydrogens is 278 g/mol. The zero-order chi connectivity index (χ0) is 14.1. The summed E-state index contributed by atoms with van der Waals surface area (Å²) < 4.78 is 7.08. The first-order chi connectivity index (χ1) is 9.69. The summed E-state index contributed by atoms with van der Waals surface area (Å²) in [5.74, 6) is 0.227. The molecule has 3 N–H and O–H groups in total. The van der Waals surface area contributed by atoms with E-state index in [-0.39, 0.29) is 24.8 Å². The average Bonchev–Trinajstić information content (AvgIpc) is 3.09. The van der Waals surface area contributed by atoms with Crippen LogP contribution in [0.5, 0.6) is 0 Å².